The molecule has 6 atom stereocenters. The van der Waals surface area contributed by atoms with Gasteiger partial charge in [-0.05, 0) is 45.0 Å². The van der Waals surface area contributed by atoms with Gasteiger partial charge in [0.25, 0.3) is 0 Å². The number of hydrogen-bond donors (Lipinski definition) is 3. The molecule has 0 amide bonds. The Morgan fingerprint density at radius 3 is 2.57 bits per heavy atom. The number of aliphatic hydroxyl groups is 1. The molecule has 4 N–H and O–H groups in total. The highest BCUT2D eigenvalue weighted by Gasteiger charge is 2.67. The van der Waals surface area contributed by atoms with E-state index in [0.29, 0.717) is 5.52 Å². The van der Waals surface area contributed by atoms with Crippen LogP contribution in [0.5, 0.6) is 5.75 Å². The molecule has 1 fully saturated rings. The fourth-order valence-corrected chi connectivity index (χ4v) is 6.22. The van der Waals surface area contributed by atoms with Gasteiger partial charge in [0.05, 0.1) is 24.8 Å². The van der Waals surface area contributed by atoms with E-state index in [1.807, 2.05) is 6.07 Å². The number of carbonyl (C=O) groups excluding carboxylic acids is 2. The zero-order valence-electron chi connectivity index (χ0n) is 24.9. The van der Waals surface area contributed by atoms with Crippen molar-refractivity contribution >= 4 is 31.0 Å². The molecule has 3 heterocycles. The molecule has 1 aliphatic heterocycles. The number of hydrogen-bond acceptors (Lipinski definition) is 13. The van der Waals surface area contributed by atoms with Crippen molar-refractivity contribution < 1.29 is 42.5 Å². The lowest BCUT2D eigenvalue weighted by Crippen LogP contribution is -2.54. The minimum absolute atomic E-state index is 0.0694. The third-order valence-electron chi connectivity index (χ3n) is 7.02. The number of rotatable bonds is 12. The molecule has 0 aliphatic carbocycles. The monoisotopic (exact) mass is 630 g/mol. The number of nitrogens with one attached hydrogen (secondary N) is 1. The van der Waals surface area contributed by atoms with Gasteiger partial charge in [0, 0.05) is 0 Å². The first-order valence-electron chi connectivity index (χ1n) is 13.8. The summed E-state index contributed by atoms with van der Waals surface area (Å²) in [5.41, 5.74) is 2.00. The van der Waals surface area contributed by atoms with Crippen LogP contribution in [0.3, 0.4) is 0 Å². The van der Waals surface area contributed by atoms with E-state index in [4.69, 9.17) is 29.0 Å². The molecule has 0 radical (unpaired) electrons. The molecule has 44 heavy (non-hydrogen) atoms. The maximum Gasteiger partial charge on any atom is 0.459 e. The number of aromatic nitrogens is 3. The van der Waals surface area contributed by atoms with Crippen molar-refractivity contribution in [3.63, 3.8) is 0 Å². The molecule has 16 heteroatoms. The van der Waals surface area contributed by atoms with Gasteiger partial charge in [-0.3, -0.25) is 14.1 Å². The van der Waals surface area contributed by atoms with Gasteiger partial charge >= 0.3 is 19.7 Å². The Labute approximate surface area is 253 Å². The van der Waals surface area contributed by atoms with Gasteiger partial charge in [-0.2, -0.15) is 15.4 Å². The highest BCUT2D eigenvalue weighted by atomic mass is 31.2. The van der Waals surface area contributed by atoms with Crippen molar-refractivity contribution in [2.45, 2.75) is 64.1 Å². The van der Waals surface area contributed by atoms with Crippen LogP contribution in [0, 0.1) is 17.2 Å². The van der Waals surface area contributed by atoms with E-state index >= 15 is 0 Å². The molecular weight excluding hydrogens is 595 g/mol. The predicted molar refractivity (Wildman–Crippen MR) is 155 cm³/mol. The van der Waals surface area contributed by atoms with Crippen molar-refractivity contribution in [2.75, 3.05) is 18.9 Å². The number of carbonyl (C=O) groups is 2. The summed E-state index contributed by atoms with van der Waals surface area (Å²) in [5.74, 6) is -1.74. The molecule has 1 saturated heterocycles. The van der Waals surface area contributed by atoms with Crippen LogP contribution in [0.15, 0.2) is 48.8 Å². The van der Waals surface area contributed by atoms with Gasteiger partial charge in [0.15, 0.2) is 11.9 Å². The van der Waals surface area contributed by atoms with Gasteiger partial charge < -0.3 is 29.6 Å². The molecule has 1 aliphatic rings. The second-order valence-corrected chi connectivity index (χ2v) is 12.3. The number of ether oxygens (including phenoxy) is 3. The molecule has 3 aromatic rings. The minimum atomic E-state index is -4.38. The highest BCUT2D eigenvalue weighted by molar-refractivity contribution is 7.52. The van der Waals surface area contributed by atoms with Crippen LogP contribution in [0.2, 0.25) is 0 Å². The number of esters is 2. The fourth-order valence-electron chi connectivity index (χ4n) is 4.72. The van der Waals surface area contributed by atoms with E-state index in [2.05, 4.69) is 15.2 Å². The third-order valence-corrected chi connectivity index (χ3v) is 8.66. The second-order valence-electron chi connectivity index (χ2n) is 10.6. The average molecular weight is 631 g/mol. The summed E-state index contributed by atoms with van der Waals surface area (Å²) in [6.07, 6.45) is -1.70. The van der Waals surface area contributed by atoms with Crippen molar-refractivity contribution in [3.05, 3.63) is 54.5 Å². The average Bonchev–Trinajstić information content (AvgIpc) is 3.50. The Balaban J connectivity index is 1.73. The van der Waals surface area contributed by atoms with E-state index in [-0.39, 0.29) is 23.9 Å². The van der Waals surface area contributed by atoms with Crippen LogP contribution in [-0.2, 0) is 38.5 Å². The summed E-state index contributed by atoms with van der Waals surface area (Å²) in [4.78, 5) is 29.1. The zero-order valence-corrected chi connectivity index (χ0v) is 25.8. The maximum absolute atomic E-state index is 14.0. The first-order chi connectivity index (χ1) is 20.8. The number of nitrogens with zero attached hydrogens (tertiary/aromatic N) is 4. The lowest BCUT2D eigenvalue weighted by molar-refractivity contribution is -0.168. The number of nitriles is 1. The van der Waals surface area contributed by atoms with E-state index in [1.54, 1.807) is 45.0 Å². The number of nitrogen functional groups attached to an aromatic ring is 1. The van der Waals surface area contributed by atoms with Crippen molar-refractivity contribution in [3.8, 4) is 11.8 Å². The number of para-hydroxylation sites is 1. The van der Waals surface area contributed by atoms with Crippen molar-refractivity contribution in [1.82, 2.24) is 19.7 Å². The van der Waals surface area contributed by atoms with Gasteiger partial charge in [-0.1, -0.05) is 32.0 Å². The Morgan fingerprint density at radius 1 is 1.23 bits per heavy atom. The van der Waals surface area contributed by atoms with Crippen LogP contribution < -0.4 is 15.3 Å². The zero-order chi connectivity index (χ0) is 32.3. The first-order valence-corrected chi connectivity index (χ1v) is 15.4. The lowest BCUT2D eigenvalue weighted by atomic mass is 9.80. The van der Waals surface area contributed by atoms with Crippen LogP contribution in [0.1, 0.15) is 40.3 Å². The molecule has 0 bridgehead atoms. The predicted octanol–water partition coefficient (Wildman–Crippen LogP) is 2.49. The Kier molecular flexibility index (Phi) is 9.62. The topological polar surface area (TPSA) is 210 Å². The van der Waals surface area contributed by atoms with E-state index in [1.165, 1.54) is 42.9 Å². The molecule has 0 unspecified atom stereocenters. The van der Waals surface area contributed by atoms with Gasteiger partial charge in [0.2, 0.25) is 5.60 Å². The summed E-state index contributed by atoms with van der Waals surface area (Å²) in [6, 6.07) is 12.0. The van der Waals surface area contributed by atoms with Gasteiger partial charge in [-0.25, -0.2) is 14.1 Å². The molecule has 236 valence electrons. The van der Waals surface area contributed by atoms with Crippen molar-refractivity contribution in [2.24, 2.45) is 5.92 Å². The summed E-state index contributed by atoms with van der Waals surface area (Å²) >= 11 is 0. The normalized spacial score (nSPS) is 25.2. The first kappa shape index (κ1) is 32.8. The summed E-state index contributed by atoms with van der Waals surface area (Å²) in [5, 5.41) is 29.2. The second kappa shape index (κ2) is 12.9. The van der Waals surface area contributed by atoms with Gasteiger partial charge in [-0.15, -0.1) is 0 Å². The smallest absolute Gasteiger partial charge is 0.459 e. The largest absolute Gasteiger partial charge is 0.465 e. The SMILES string of the molecule is CCOC(=O)[C@H](C)N[P@](=O)(OC[C@H]1O[C@@](C#N)(c2ccc3c(N)ncnn23)[C@](C)(O)[C@@H]1OC(=O)C(C)C)Oc1ccccc1. The Morgan fingerprint density at radius 2 is 1.93 bits per heavy atom. The molecule has 1 aromatic carbocycles. The fraction of sp³-hybridized carbons (Fsp3) is 0.464. The van der Waals surface area contributed by atoms with Crippen LogP contribution in [0.25, 0.3) is 5.52 Å². The molecule has 4 rings (SSSR count). The highest BCUT2D eigenvalue weighted by Crippen LogP contribution is 2.51. The summed E-state index contributed by atoms with van der Waals surface area (Å²) < 4.78 is 43.7. The van der Waals surface area contributed by atoms with Crippen LogP contribution in [0.4, 0.5) is 5.82 Å². The van der Waals surface area contributed by atoms with Crippen molar-refractivity contribution in [1.29, 1.82) is 5.26 Å². The number of benzene rings is 1. The van der Waals surface area contributed by atoms with Gasteiger partial charge in [0.1, 0.15) is 41.4 Å². The van der Waals surface area contributed by atoms with E-state index in [9.17, 15) is 24.5 Å². The molecule has 0 spiro atoms. The molecular formula is C28H35N6O9P. The Hall–Kier alpha value is -4.06. The van der Waals surface area contributed by atoms with E-state index in [0.717, 1.165) is 0 Å². The maximum atomic E-state index is 14.0. The summed E-state index contributed by atoms with van der Waals surface area (Å²) in [7, 11) is -4.38. The lowest BCUT2D eigenvalue weighted by Gasteiger charge is -2.34. The molecule has 15 nitrogen and oxygen atoms in total. The van der Waals surface area contributed by atoms with E-state index < -0.39 is 61.7 Å². The van der Waals surface area contributed by atoms with Crippen LogP contribution in [-0.4, -0.2) is 68.7 Å². The summed E-state index contributed by atoms with van der Waals surface area (Å²) in [6.45, 7) is 6.97. The third kappa shape index (κ3) is 6.26. The molecule has 2 aromatic heterocycles. The van der Waals surface area contributed by atoms with Crippen LogP contribution >= 0.6 is 7.75 Å². The Bertz CT molecular complexity index is 1590. The minimum Gasteiger partial charge on any atom is -0.465 e. The standard InChI is InChI=1S/C28H35N6O9P/c1-6-39-26(36)18(4)33-44(38,43-19-10-8-7-9-11-19)40-14-21-23(41-25(35)17(2)3)27(5,37)28(15-29,42-21)22-13-12-20-24(30)31-16-32-34(20)22/h7-13,16-18,21,23,37H,6,14H2,1-5H3,(H,33,38)(H2,30,31,32)/t18-,21+,23+,27+,28-,44-/m0/s1. The number of fused-ring (bicyclic) bond motifs is 1. The number of nitrogens with two attached hydrogens (primary N) is 1. The number of anilines is 1. The quantitative estimate of drug-likeness (QED) is 0.194. The molecule has 0 saturated carbocycles.